The highest BCUT2D eigenvalue weighted by Gasteiger charge is 2.25. The van der Waals surface area contributed by atoms with E-state index in [0.717, 1.165) is 0 Å². The molecule has 0 unspecified atom stereocenters. The number of para-hydroxylation sites is 2. The highest BCUT2D eigenvalue weighted by molar-refractivity contribution is 7.93. The largest absolute Gasteiger partial charge is 0.383 e. The Morgan fingerprint density at radius 2 is 1.74 bits per heavy atom. The molecule has 0 heterocycles. The molecule has 2 aromatic carbocycles. The van der Waals surface area contributed by atoms with E-state index in [0.29, 0.717) is 30.9 Å². The Hall–Kier alpha value is -2.52. The number of rotatable bonds is 7. The maximum Gasteiger partial charge on any atom is 0.266 e. The lowest BCUT2D eigenvalue weighted by Crippen LogP contribution is -2.31. The Morgan fingerprint density at radius 1 is 1.09 bits per heavy atom. The Morgan fingerprint density at radius 3 is 2.39 bits per heavy atom. The molecule has 6 heteroatoms. The fourth-order valence-corrected chi connectivity index (χ4v) is 3.94. The van der Waals surface area contributed by atoms with Gasteiger partial charge in [-0.2, -0.15) is 5.26 Å². The zero-order valence-electron chi connectivity index (χ0n) is 12.9. The number of nitriles is 1. The number of hydrogen-bond acceptors (Lipinski definition) is 4. The number of hydrogen-bond donors (Lipinski definition) is 1. The summed E-state index contributed by atoms with van der Waals surface area (Å²) in [5, 5.41) is 11.7. The Bertz CT molecular complexity index is 783. The number of sulfonamides is 1. The third-order valence-electron chi connectivity index (χ3n) is 3.34. The Kier molecular flexibility index (Phi) is 5.61. The van der Waals surface area contributed by atoms with Crippen LogP contribution in [0.5, 0.6) is 0 Å². The van der Waals surface area contributed by atoms with Gasteiger partial charge < -0.3 is 5.32 Å². The van der Waals surface area contributed by atoms with Crippen LogP contribution in [-0.2, 0) is 10.0 Å². The van der Waals surface area contributed by atoms with Crippen LogP contribution in [0.1, 0.15) is 13.3 Å². The van der Waals surface area contributed by atoms with Crippen LogP contribution >= 0.6 is 0 Å². The maximum atomic E-state index is 13.0. The lowest BCUT2D eigenvalue weighted by atomic mass is 10.3. The zero-order valence-corrected chi connectivity index (χ0v) is 13.8. The van der Waals surface area contributed by atoms with Crippen molar-refractivity contribution in [2.24, 2.45) is 0 Å². The smallest absolute Gasteiger partial charge is 0.266 e. The monoisotopic (exact) mass is 329 g/mol. The summed E-state index contributed by atoms with van der Waals surface area (Å²) < 4.78 is 27.4. The number of benzene rings is 2. The minimum atomic E-state index is -3.68. The van der Waals surface area contributed by atoms with E-state index >= 15 is 0 Å². The van der Waals surface area contributed by atoms with E-state index in [2.05, 4.69) is 5.32 Å². The lowest BCUT2D eigenvalue weighted by Gasteiger charge is -2.24. The average molecular weight is 329 g/mol. The summed E-state index contributed by atoms with van der Waals surface area (Å²) in [6, 6.07) is 17.8. The van der Waals surface area contributed by atoms with Gasteiger partial charge in [0.1, 0.15) is 4.90 Å². The number of nitrogens with zero attached hydrogens (tertiary/aromatic N) is 2. The van der Waals surface area contributed by atoms with Crippen LogP contribution in [0.25, 0.3) is 0 Å². The van der Waals surface area contributed by atoms with Gasteiger partial charge in [-0.15, -0.1) is 0 Å². The summed E-state index contributed by atoms with van der Waals surface area (Å²) in [4.78, 5) is 0.212. The molecule has 0 saturated carbocycles. The summed E-state index contributed by atoms with van der Waals surface area (Å²) in [5.41, 5.74) is 1.14. The first-order valence-corrected chi connectivity index (χ1v) is 8.83. The van der Waals surface area contributed by atoms with Crippen LogP contribution in [0.4, 0.5) is 11.4 Å². The van der Waals surface area contributed by atoms with Crippen molar-refractivity contribution in [2.45, 2.75) is 18.2 Å². The van der Waals surface area contributed by atoms with Crippen molar-refractivity contribution >= 4 is 21.4 Å². The van der Waals surface area contributed by atoms with Gasteiger partial charge >= 0.3 is 0 Å². The van der Waals surface area contributed by atoms with E-state index in [9.17, 15) is 8.42 Å². The molecule has 120 valence electrons. The summed E-state index contributed by atoms with van der Waals surface area (Å²) in [6.45, 7) is 2.54. The van der Waals surface area contributed by atoms with Crippen molar-refractivity contribution in [3.8, 4) is 6.07 Å². The topological polar surface area (TPSA) is 73.2 Å². The van der Waals surface area contributed by atoms with Gasteiger partial charge in [0.05, 0.1) is 23.9 Å². The molecule has 1 N–H and O–H groups in total. The highest BCUT2D eigenvalue weighted by Crippen LogP contribution is 2.28. The normalized spacial score (nSPS) is 10.8. The fourth-order valence-electron chi connectivity index (χ4n) is 2.29. The molecule has 0 fully saturated rings. The summed E-state index contributed by atoms with van der Waals surface area (Å²) in [6.07, 6.45) is 0.310. The van der Waals surface area contributed by atoms with Crippen LogP contribution in [0.3, 0.4) is 0 Å². The molecule has 0 aromatic heterocycles. The van der Waals surface area contributed by atoms with Gasteiger partial charge in [0.25, 0.3) is 10.0 Å². The molecule has 0 spiro atoms. The van der Waals surface area contributed by atoms with Crippen LogP contribution in [0, 0.1) is 11.3 Å². The van der Waals surface area contributed by atoms with Gasteiger partial charge in [0, 0.05) is 13.1 Å². The second-order valence-electron chi connectivity index (χ2n) is 4.84. The maximum absolute atomic E-state index is 13.0. The van der Waals surface area contributed by atoms with E-state index in [1.807, 2.05) is 24.3 Å². The minimum Gasteiger partial charge on any atom is -0.383 e. The van der Waals surface area contributed by atoms with Gasteiger partial charge in [0.2, 0.25) is 0 Å². The van der Waals surface area contributed by atoms with E-state index in [4.69, 9.17) is 5.26 Å². The molecule has 0 aliphatic heterocycles. The first-order chi connectivity index (χ1) is 11.1. The van der Waals surface area contributed by atoms with Gasteiger partial charge in [0.15, 0.2) is 0 Å². The summed E-state index contributed by atoms with van der Waals surface area (Å²) in [7, 11) is -3.68. The van der Waals surface area contributed by atoms with Crippen molar-refractivity contribution in [2.75, 3.05) is 22.7 Å². The molecule has 0 aliphatic carbocycles. The molecule has 0 radical (unpaired) electrons. The number of anilines is 2. The first kappa shape index (κ1) is 16.8. The Balaban J connectivity index is 2.41. The predicted octanol–water partition coefficient (Wildman–Crippen LogP) is 3.23. The molecule has 2 aromatic rings. The van der Waals surface area contributed by atoms with Gasteiger partial charge in [-0.05, 0) is 31.2 Å². The first-order valence-electron chi connectivity index (χ1n) is 7.39. The van der Waals surface area contributed by atoms with Crippen molar-refractivity contribution in [3.63, 3.8) is 0 Å². The molecule has 0 aliphatic rings. The average Bonchev–Trinajstić information content (AvgIpc) is 2.57. The third kappa shape index (κ3) is 3.82. The van der Waals surface area contributed by atoms with E-state index in [-0.39, 0.29) is 4.90 Å². The number of nitrogens with one attached hydrogen (secondary N) is 1. The van der Waals surface area contributed by atoms with Crippen molar-refractivity contribution < 1.29 is 8.42 Å². The quantitative estimate of drug-likeness (QED) is 0.792. The molecule has 5 nitrogen and oxygen atoms in total. The molecule has 0 atom stereocenters. The molecular formula is C17H19N3O2S. The second kappa shape index (κ2) is 7.65. The van der Waals surface area contributed by atoms with Crippen molar-refractivity contribution in [3.05, 3.63) is 54.6 Å². The van der Waals surface area contributed by atoms with Crippen molar-refractivity contribution in [1.29, 1.82) is 5.26 Å². The third-order valence-corrected chi connectivity index (χ3v) is 5.30. The van der Waals surface area contributed by atoms with Gasteiger partial charge in [-0.3, -0.25) is 4.31 Å². The summed E-state index contributed by atoms with van der Waals surface area (Å²) in [5.74, 6) is 0. The summed E-state index contributed by atoms with van der Waals surface area (Å²) >= 11 is 0. The minimum absolute atomic E-state index is 0.212. The highest BCUT2D eigenvalue weighted by atomic mass is 32.2. The SMILES string of the molecule is CCN(c1ccccc1)S(=O)(=O)c1ccccc1NCCC#N. The Labute approximate surface area is 137 Å². The van der Waals surface area contributed by atoms with E-state index < -0.39 is 10.0 Å². The van der Waals surface area contributed by atoms with Crippen LogP contribution < -0.4 is 9.62 Å². The standard InChI is InChI=1S/C17H19N3O2S/c1-2-20(15-9-4-3-5-10-15)23(21,22)17-12-7-6-11-16(17)19-14-8-13-18/h3-7,9-12,19H,2,8,14H2,1H3. The van der Waals surface area contributed by atoms with Crippen LogP contribution in [0.2, 0.25) is 0 Å². The molecule has 23 heavy (non-hydrogen) atoms. The molecule has 0 amide bonds. The van der Waals surface area contributed by atoms with Gasteiger partial charge in [-0.25, -0.2) is 8.42 Å². The molecule has 0 saturated heterocycles. The van der Waals surface area contributed by atoms with E-state index in [1.165, 1.54) is 4.31 Å². The van der Waals surface area contributed by atoms with E-state index in [1.54, 1.807) is 43.3 Å². The molecule has 0 bridgehead atoms. The predicted molar refractivity (Wildman–Crippen MR) is 91.8 cm³/mol. The van der Waals surface area contributed by atoms with Crippen LogP contribution in [-0.4, -0.2) is 21.5 Å². The van der Waals surface area contributed by atoms with Crippen LogP contribution in [0.15, 0.2) is 59.5 Å². The lowest BCUT2D eigenvalue weighted by molar-refractivity contribution is 0.592. The second-order valence-corrected chi connectivity index (χ2v) is 6.67. The van der Waals surface area contributed by atoms with Gasteiger partial charge in [-0.1, -0.05) is 30.3 Å². The molecule has 2 rings (SSSR count). The fraction of sp³-hybridized carbons (Fsp3) is 0.235. The molecular weight excluding hydrogens is 310 g/mol. The zero-order chi connectivity index (χ0) is 16.7. The van der Waals surface area contributed by atoms with Crippen molar-refractivity contribution in [1.82, 2.24) is 0 Å².